The van der Waals surface area contributed by atoms with Gasteiger partial charge in [-0.2, -0.15) is 0 Å². The van der Waals surface area contributed by atoms with Gasteiger partial charge in [-0.15, -0.1) is 0 Å². The minimum absolute atomic E-state index is 0.130. The first-order valence-corrected chi connectivity index (χ1v) is 8.54. The van der Waals surface area contributed by atoms with Gasteiger partial charge in [-0.25, -0.2) is 9.59 Å². The van der Waals surface area contributed by atoms with Crippen LogP contribution in [0.25, 0.3) is 0 Å². The van der Waals surface area contributed by atoms with Gasteiger partial charge in [-0.3, -0.25) is 4.90 Å². The first-order valence-electron chi connectivity index (χ1n) is 8.54. The number of rotatable bonds is 6. The van der Waals surface area contributed by atoms with Crippen LogP contribution in [0.2, 0.25) is 0 Å². The summed E-state index contributed by atoms with van der Waals surface area (Å²) in [5.74, 6) is -0.481. The van der Waals surface area contributed by atoms with Crippen molar-refractivity contribution >= 4 is 18.3 Å². The maximum absolute atomic E-state index is 12.3. The molecule has 2 atom stereocenters. The molecule has 7 nitrogen and oxygen atoms in total. The molecule has 1 heterocycles. The lowest BCUT2D eigenvalue weighted by atomic mass is 10.2. The summed E-state index contributed by atoms with van der Waals surface area (Å²) >= 11 is 0. The Kier molecular flexibility index (Phi) is 6.74. The van der Waals surface area contributed by atoms with E-state index in [-0.39, 0.29) is 19.8 Å². The molecule has 0 unspecified atom stereocenters. The van der Waals surface area contributed by atoms with Crippen molar-refractivity contribution in [3.8, 4) is 0 Å². The zero-order valence-electron chi connectivity index (χ0n) is 15.3. The van der Waals surface area contributed by atoms with Gasteiger partial charge in [0.15, 0.2) is 0 Å². The Bertz CT molecular complexity index is 625. The van der Waals surface area contributed by atoms with Crippen molar-refractivity contribution in [2.24, 2.45) is 0 Å². The molecule has 0 saturated carbocycles. The Labute approximate surface area is 153 Å². The number of likely N-dealkylation sites (tertiary alicyclic amines) is 1. The Morgan fingerprint density at radius 3 is 2.54 bits per heavy atom. The zero-order valence-corrected chi connectivity index (χ0v) is 15.3. The highest BCUT2D eigenvalue weighted by molar-refractivity contribution is 5.74. The van der Waals surface area contributed by atoms with Gasteiger partial charge in [0.05, 0.1) is 18.7 Å². The molecule has 142 valence electrons. The number of aldehydes is 1. The maximum Gasteiger partial charge on any atom is 0.410 e. The summed E-state index contributed by atoms with van der Waals surface area (Å²) < 4.78 is 15.9. The monoisotopic (exact) mass is 363 g/mol. The molecule has 1 saturated heterocycles. The summed E-state index contributed by atoms with van der Waals surface area (Å²) in [6.45, 7) is 5.42. The summed E-state index contributed by atoms with van der Waals surface area (Å²) in [7, 11) is 0. The van der Waals surface area contributed by atoms with Gasteiger partial charge < -0.3 is 19.0 Å². The predicted molar refractivity (Wildman–Crippen MR) is 93.4 cm³/mol. The number of ether oxygens (including phenoxy) is 3. The second-order valence-corrected chi connectivity index (χ2v) is 7.15. The van der Waals surface area contributed by atoms with Crippen molar-refractivity contribution in [2.45, 2.75) is 51.5 Å². The topological polar surface area (TPSA) is 82.1 Å². The molecule has 0 radical (unpaired) electrons. The number of carbonyl (C=O) groups excluding carboxylic acids is 3. The molecule has 1 aromatic carbocycles. The van der Waals surface area contributed by atoms with Crippen LogP contribution in [0.1, 0.15) is 32.8 Å². The highest BCUT2D eigenvalue weighted by Gasteiger charge is 2.37. The van der Waals surface area contributed by atoms with Crippen LogP contribution < -0.4 is 0 Å². The molecule has 1 aliphatic heterocycles. The average Bonchev–Trinajstić information content (AvgIpc) is 3.01. The van der Waals surface area contributed by atoms with Gasteiger partial charge in [-0.1, -0.05) is 30.3 Å². The number of carbonyl (C=O) groups is 3. The van der Waals surface area contributed by atoms with Crippen molar-refractivity contribution in [1.82, 2.24) is 4.90 Å². The molecule has 26 heavy (non-hydrogen) atoms. The number of nitrogens with zero attached hydrogens (tertiary/aromatic N) is 1. The Morgan fingerprint density at radius 2 is 1.92 bits per heavy atom. The zero-order chi connectivity index (χ0) is 19.2. The van der Waals surface area contributed by atoms with E-state index in [2.05, 4.69) is 0 Å². The Morgan fingerprint density at radius 1 is 1.23 bits per heavy atom. The first kappa shape index (κ1) is 19.9. The van der Waals surface area contributed by atoms with Gasteiger partial charge in [0, 0.05) is 6.42 Å². The molecule has 0 N–H and O–H groups in total. The molecule has 1 fully saturated rings. The van der Waals surface area contributed by atoms with E-state index in [1.165, 1.54) is 4.90 Å². The minimum Gasteiger partial charge on any atom is -0.458 e. The lowest BCUT2D eigenvalue weighted by molar-refractivity contribution is -0.162. The molecule has 1 amide bonds. The molecule has 0 bridgehead atoms. The summed E-state index contributed by atoms with van der Waals surface area (Å²) in [6, 6.07) is 8.66. The fourth-order valence-electron chi connectivity index (χ4n) is 2.64. The van der Waals surface area contributed by atoms with E-state index < -0.39 is 29.8 Å². The van der Waals surface area contributed by atoms with E-state index in [9.17, 15) is 14.4 Å². The largest absolute Gasteiger partial charge is 0.458 e. The minimum atomic E-state index is -0.623. The predicted octanol–water partition coefficient (Wildman–Crippen LogP) is 2.32. The van der Waals surface area contributed by atoms with Crippen LogP contribution in [-0.4, -0.2) is 54.1 Å². The fraction of sp³-hybridized carbons (Fsp3) is 0.526. The van der Waals surface area contributed by atoms with E-state index in [0.29, 0.717) is 12.7 Å². The van der Waals surface area contributed by atoms with Gasteiger partial charge in [0.2, 0.25) is 0 Å². The van der Waals surface area contributed by atoms with Gasteiger partial charge >= 0.3 is 12.1 Å². The summed E-state index contributed by atoms with van der Waals surface area (Å²) in [6.07, 6.45) is 0.0317. The van der Waals surface area contributed by atoms with Crippen molar-refractivity contribution in [2.75, 3.05) is 13.2 Å². The first-order chi connectivity index (χ1) is 12.3. The number of esters is 1. The third kappa shape index (κ3) is 6.15. The molecule has 0 spiro atoms. The molecule has 1 aromatic rings. The van der Waals surface area contributed by atoms with E-state index >= 15 is 0 Å². The second kappa shape index (κ2) is 8.80. The quantitative estimate of drug-likeness (QED) is 0.570. The molecule has 2 rings (SSSR count). The third-order valence-electron chi connectivity index (χ3n) is 3.76. The van der Waals surface area contributed by atoms with Gasteiger partial charge in [-0.05, 0) is 26.3 Å². The van der Waals surface area contributed by atoms with Crippen molar-refractivity contribution < 1.29 is 28.6 Å². The number of hydrogen-bond acceptors (Lipinski definition) is 6. The molecule has 1 aliphatic rings. The molecular formula is C19H25NO6. The van der Waals surface area contributed by atoms with E-state index in [1.54, 1.807) is 20.8 Å². The lowest BCUT2D eigenvalue weighted by Crippen LogP contribution is -2.37. The fourth-order valence-corrected chi connectivity index (χ4v) is 2.64. The van der Waals surface area contributed by atoms with E-state index in [0.717, 1.165) is 5.56 Å². The molecule has 0 aromatic heterocycles. The summed E-state index contributed by atoms with van der Waals surface area (Å²) in [4.78, 5) is 36.6. The highest BCUT2D eigenvalue weighted by atomic mass is 16.6. The third-order valence-corrected chi connectivity index (χ3v) is 3.76. The molecule has 7 heteroatoms. The number of benzene rings is 1. The van der Waals surface area contributed by atoms with Crippen LogP contribution in [0.5, 0.6) is 0 Å². The highest BCUT2D eigenvalue weighted by Crippen LogP contribution is 2.21. The normalized spacial score (nSPS) is 19.9. The number of amides is 1. The SMILES string of the molecule is CC(C)(C)OC(=O)CO[C@@H]1C[C@@H](C=O)N(C(=O)OCc2ccccc2)C1. The number of hydrogen-bond donors (Lipinski definition) is 0. The summed E-state index contributed by atoms with van der Waals surface area (Å²) in [5.41, 5.74) is 0.273. The van der Waals surface area contributed by atoms with Gasteiger partial charge in [0.1, 0.15) is 25.1 Å². The maximum atomic E-state index is 12.3. The second-order valence-electron chi connectivity index (χ2n) is 7.15. The standard InChI is InChI=1S/C19H25NO6/c1-19(2,3)26-17(22)13-24-16-9-15(11-21)20(10-16)18(23)25-12-14-7-5-4-6-8-14/h4-8,11,15-16H,9-10,12-13H2,1-3H3/t15-,16+/m0/s1. The lowest BCUT2D eigenvalue weighted by Gasteiger charge is -2.21. The average molecular weight is 363 g/mol. The van der Waals surface area contributed by atoms with Crippen LogP contribution >= 0.6 is 0 Å². The Hall–Kier alpha value is -2.41. The van der Waals surface area contributed by atoms with E-state index in [4.69, 9.17) is 14.2 Å². The van der Waals surface area contributed by atoms with Crippen LogP contribution in [0.3, 0.4) is 0 Å². The Balaban J connectivity index is 1.82. The van der Waals surface area contributed by atoms with Crippen molar-refractivity contribution in [3.05, 3.63) is 35.9 Å². The van der Waals surface area contributed by atoms with Crippen LogP contribution in [0.4, 0.5) is 4.79 Å². The van der Waals surface area contributed by atoms with Crippen LogP contribution in [0.15, 0.2) is 30.3 Å². The van der Waals surface area contributed by atoms with Crippen LogP contribution in [0, 0.1) is 0 Å². The molecule has 0 aliphatic carbocycles. The van der Waals surface area contributed by atoms with Crippen molar-refractivity contribution in [1.29, 1.82) is 0 Å². The molecular weight excluding hydrogens is 338 g/mol. The van der Waals surface area contributed by atoms with Crippen LogP contribution in [-0.2, 0) is 30.4 Å². The van der Waals surface area contributed by atoms with Crippen molar-refractivity contribution in [3.63, 3.8) is 0 Å². The van der Waals surface area contributed by atoms with Gasteiger partial charge in [0.25, 0.3) is 0 Å². The summed E-state index contributed by atoms with van der Waals surface area (Å²) in [5, 5.41) is 0. The smallest absolute Gasteiger partial charge is 0.410 e. The van der Waals surface area contributed by atoms with E-state index in [1.807, 2.05) is 30.3 Å².